The molecule has 0 spiro atoms. The van der Waals surface area contributed by atoms with Crippen molar-refractivity contribution >= 4 is 8.80 Å². The molecule has 0 aliphatic heterocycles. The minimum absolute atomic E-state index is 0.369. The quantitative estimate of drug-likeness (QED) is 0.329. The van der Waals surface area contributed by atoms with Gasteiger partial charge in [0.05, 0.1) is 0 Å². The monoisotopic (exact) mass is 346 g/mol. The van der Waals surface area contributed by atoms with Gasteiger partial charge in [-0.2, -0.15) is 8.78 Å². The lowest BCUT2D eigenvalue weighted by molar-refractivity contribution is 0.0521. The molecule has 0 aliphatic carbocycles. The normalized spacial score (nSPS) is 12.1. The number of rotatable bonds is 7. The van der Waals surface area contributed by atoms with E-state index in [0.717, 1.165) is 0 Å². The number of ether oxygens (including phenoxy) is 1. The van der Waals surface area contributed by atoms with Crippen LogP contribution in [0.5, 0.6) is 5.75 Å². The molecule has 0 heterocycles. The Morgan fingerprint density at radius 3 is 1.59 bits per heavy atom. The van der Waals surface area contributed by atoms with Gasteiger partial charge in [-0.05, 0) is 13.8 Å². The lowest BCUT2D eigenvalue weighted by atomic mass is 10.3. The highest BCUT2D eigenvalue weighted by molar-refractivity contribution is 6.60. The summed E-state index contributed by atoms with van der Waals surface area (Å²) < 4.78 is 86.3. The molecular weight excluding hydrogens is 331 g/mol. The Morgan fingerprint density at radius 1 is 0.818 bits per heavy atom. The zero-order valence-corrected chi connectivity index (χ0v) is 13.3. The van der Waals surface area contributed by atoms with E-state index >= 15 is 0 Å². The molecule has 10 heteroatoms. The Morgan fingerprint density at radius 2 is 1.23 bits per heavy atom. The average molecular weight is 346 g/mol. The molecule has 1 rings (SSSR count). The van der Waals surface area contributed by atoms with Crippen molar-refractivity contribution in [3.8, 4) is 5.75 Å². The SMILES string of the molecule is CO[Si](COc1c(F)c(F)c(F)c(F)c1F)(OC)OC(C)C. The van der Waals surface area contributed by atoms with Crippen LogP contribution in [0.3, 0.4) is 0 Å². The molecular formula is C12H15F5O4Si. The molecule has 0 radical (unpaired) electrons. The van der Waals surface area contributed by atoms with E-state index in [2.05, 4.69) is 0 Å². The van der Waals surface area contributed by atoms with Crippen molar-refractivity contribution < 1.29 is 40.0 Å². The summed E-state index contributed by atoms with van der Waals surface area (Å²) >= 11 is 0. The molecule has 0 bridgehead atoms. The molecule has 126 valence electrons. The van der Waals surface area contributed by atoms with Crippen molar-refractivity contribution in [1.29, 1.82) is 0 Å². The average Bonchev–Trinajstić information content (AvgIpc) is 2.49. The summed E-state index contributed by atoms with van der Waals surface area (Å²) in [6.07, 6.45) is -0.997. The predicted octanol–water partition coefficient (Wildman–Crippen LogP) is 2.96. The van der Waals surface area contributed by atoms with E-state index in [1.165, 1.54) is 14.2 Å². The van der Waals surface area contributed by atoms with Crippen molar-refractivity contribution in [3.63, 3.8) is 0 Å². The van der Waals surface area contributed by atoms with Crippen LogP contribution >= 0.6 is 0 Å². The van der Waals surface area contributed by atoms with Crippen LogP contribution in [0.1, 0.15) is 13.8 Å². The first kappa shape index (κ1) is 18.8. The maximum Gasteiger partial charge on any atom is 0.540 e. The summed E-state index contributed by atoms with van der Waals surface area (Å²) in [5.74, 6) is -12.0. The Balaban J connectivity index is 3.10. The lowest BCUT2D eigenvalue weighted by Gasteiger charge is -2.28. The van der Waals surface area contributed by atoms with Gasteiger partial charge in [0.2, 0.25) is 29.1 Å². The molecule has 0 aromatic heterocycles. The standard InChI is InChI=1S/C12H15F5O4Si/c1-6(2)21-22(18-3,19-4)5-20-12-10(16)8(14)7(13)9(15)11(12)17/h6H,5H2,1-4H3. The fourth-order valence-corrected chi connectivity index (χ4v) is 3.26. The number of benzene rings is 1. The van der Waals surface area contributed by atoms with Crippen LogP contribution in [0, 0.1) is 29.1 Å². The zero-order valence-electron chi connectivity index (χ0n) is 12.3. The second-order valence-electron chi connectivity index (χ2n) is 4.45. The van der Waals surface area contributed by atoms with E-state index in [4.69, 9.17) is 18.0 Å². The van der Waals surface area contributed by atoms with Crippen LogP contribution in [-0.4, -0.2) is 35.4 Å². The van der Waals surface area contributed by atoms with E-state index < -0.39 is 49.9 Å². The van der Waals surface area contributed by atoms with E-state index in [0.29, 0.717) is 0 Å². The van der Waals surface area contributed by atoms with Gasteiger partial charge in [0.25, 0.3) is 0 Å². The Hall–Kier alpha value is -1.23. The summed E-state index contributed by atoms with van der Waals surface area (Å²) in [4.78, 5) is 0. The molecule has 0 aliphatic rings. The number of hydrogen-bond donors (Lipinski definition) is 0. The fraction of sp³-hybridized carbons (Fsp3) is 0.500. The van der Waals surface area contributed by atoms with Crippen molar-refractivity contribution in [1.82, 2.24) is 0 Å². The molecule has 1 aromatic rings. The lowest BCUT2D eigenvalue weighted by Crippen LogP contribution is -2.51. The predicted molar refractivity (Wildman–Crippen MR) is 67.7 cm³/mol. The second kappa shape index (κ2) is 7.35. The Kier molecular flexibility index (Phi) is 6.29. The van der Waals surface area contributed by atoms with E-state index in [-0.39, 0.29) is 6.10 Å². The maximum atomic E-state index is 13.5. The summed E-state index contributed by atoms with van der Waals surface area (Å²) in [6.45, 7) is 3.30. The summed E-state index contributed by atoms with van der Waals surface area (Å²) in [5.41, 5.74) is 0. The molecule has 0 N–H and O–H groups in total. The van der Waals surface area contributed by atoms with E-state index in [1.807, 2.05) is 0 Å². The minimum atomic E-state index is -3.48. The second-order valence-corrected chi connectivity index (χ2v) is 7.15. The van der Waals surface area contributed by atoms with Gasteiger partial charge in [-0.3, -0.25) is 0 Å². The molecule has 0 saturated carbocycles. The van der Waals surface area contributed by atoms with Gasteiger partial charge in [0.1, 0.15) is 0 Å². The van der Waals surface area contributed by atoms with Crippen LogP contribution in [0.15, 0.2) is 0 Å². The third kappa shape index (κ3) is 3.75. The topological polar surface area (TPSA) is 36.9 Å². The van der Waals surface area contributed by atoms with Gasteiger partial charge in [-0.15, -0.1) is 0 Å². The van der Waals surface area contributed by atoms with Crippen molar-refractivity contribution in [3.05, 3.63) is 29.1 Å². The van der Waals surface area contributed by atoms with Crippen molar-refractivity contribution in [2.45, 2.75) is 20.0 Å². The van der Waals surface area contributed by atoms with Gasteiger partial charge in [-0.1, -0.05) is 0 Å². The molecule has 1 aromatic carbocycles. The third-order valence-electron chi connectivity index (χ3n) is 2.60. The first-order chi connectivity index (χ1) is 10.2. The zero-order chi connectivity index (χ0) is 17.1. The van der Waals surface area contributed by atoms with Crippen LogP contribution in [0.25, 0.3) is 0 Å². The molecule has 0 unspecified atom stereocenters. The highest BCUT2D eigenvalue weighted by Crippen LogP contribution is 2.29. The first-order valence-electron chi connectivity index (χ1n) is 6.11. The maximum absolute atomic E-state index is 13.5. The molecule has 0 atom stereocenters. The van der Waals surface area contributed by atoms with E-state index in [1.54, 1.807) is 13.8 Å². The first-order valence-corrected chi connectivity index (χ1v) is 8.04. The summed E-state index contributed by atoms with van der Waals surface area (Å²) in [6, 6.07) is 0. The Labute approximate surface area is 125 Å². The van der Waals surface area contributed by atoms with Gasteiger partial charge in [0, 0.05) is 20.3 Å². The van der Waals surface area contributed by atoms with Crippen LogP contribution < -0.4 is 4.74 Å². The minimum Gasteiger partial charge on any atom is -0.483 e. The van der Waals surface area contributed by atoms with E-state index in [9.17, 15) is 22.0 Å². The van der Waals surface area contributed by atoms with Crippen LogP contribution in [-0.2, 0) is 13.3 Å². The Bertz CT molecular complexity index is 508. The smallest absolute Gasteiger partial charge is 0.483 e. The van der Waals surface area contributed by atoms with Gasteiger partial charge in [-0.25, -0.2) is 13.2 Å². The van der Waals surface area contributed by atoms with Crippen LogP contribution in [0.2, 0.25) is 0 Å². The molecule has 0 fully saturated rings. The highest BCUT2D eigenvalue weighted by Gasteiger charge is 2.43. The van der Waals surface area contributed by atoms with Gasteiger partial charge < -0.3 is 18.0 Å². The highest BCUT2D eigenvalue weighted by atomic mass is 28.4. The third-order valence-corrected chi connectivity index (χ3v) is 5.17. The van der Waals surface area contributed by atoms with Gasteiger partial charge in [0.15, 0.2) is 12.0 Å². The molecule has 0 amide bonds. The fourth-order valence-electron chi connectivity index (χ4n) is 1.56. The van der Waals surface area contributed by atoms with Crippen molar-refractivity contribution in [2.75, 3.05) is 20.4 Å². The van der Waals surface area contributed by atoms with Gasteiger partial charge >= 0.3 is 8.80 Å². The number of hydrogen-bond acceptors (Lipinski definition) is 4. The largest absolute Gasteiger partial charge is 0.540 e. The summed E-state index contributed by atoms with van der Waals surface area (Å²) in [5, 5.41) is 0. The summed E-state index contributed by atoms with van der Waals surface area (Å²) in [7, 11) is -1.03. The van der Waals surface area contributed by atoms with Crippen LogP contribution in [0.4, 0.5) is 22.0 Å². The molecule has 0 saturated heterocycles. The number of halogens is 5. The van der Waals surface area contributed by atoms with Crippen molar-refractivity contribution in [2.24, 2.45) is 0 Å². The molecule has 22 heavy (non-hydrogen) atoms. The molecule has 4 nitrogen and oxygen atoms in total.